The van der Waals surface area contributed by atoms with E-state index in [1.807, 2.05) is 74.2 Å². The van der Waals surface area contributed by atoms with E-state index in [4.69, 9.17) is 35.2 Å². The van der Waals surface area contributed by atoms with Crippen molar-refractivity contribution in [3.63, 3.8) is 0 Å². The van der Waals surface area contributed by atoms with Crippen LogP contribution in [-0.4, -0.2) is 201 Å². The van der Waals surface area contributed by atoms with E-state index in [0.29, 0.717) is 96.1 Å². The Balaban J connectivity index is 1.17. The van der Waals surface area contributed by atoms with Crippen molar-refractivity contribution in [2.75, 3.05) is 90.4 Å². The number of carboxylic acids is 2. The molecule has 3 atom stereocenters. The van der Waals surface area contributed by atoms with Crippen molar-refractivity contribution in [2.45, 2.75) is 95.8 Å². The lowest BCUT2D eigenvalue weighted by molar-refractivity contribution is -0.140. The molecule has 2 fully saturated rings. The molecule has 442 valence electrons. The first-order chi connectivity index (χ1) is 38.6. The monoisotopic (exact) mass is 1140 g/mol. The molecule has 0 radical (unpaired) electrons. The predicted molar refractivity (Wildman–Crippen MR) is 307 cm³/mol. The SMILES string of the molecule is CC(=O)CC[C@@H](NC(=O)N[C@H](CCCCN(Cc1nccc2ccccc12)C(=O)C1CCC(CNC(=S)Nc2ccc(CC3CN(CC(N)=O)CCN(CC(N)=O)CCN(CC(N)=O)CCN3CC(N)=O)cc2)CC1)C(=O)O)C(=O)O. The number of carbonyl (C=O) groups excluding carboxylic acids is 7. The van der Waals surface area contributed by atoms with E-state index in [9.17, 15) is 53.4 Å². The molecule has 5 rings (SSSR count). The predicted octanol–water partition coefficient (Wildman–Crippen LogP) is 0.175. The number of amides is 7. The number of hydrogen-bond donors (Lipinski definition) is 10. The van der Waals surface area contributed by atoms with Crippen molar-refractivity contribution in [1.82, 2.24) is 45.4 Å². The van der Waals surface area contributed by atoms with E-state index >= 15 is 0 Å². The summed E-state index contributed by atoms with van der Waals surface area (Å²) < 4.78 is 0. The second kappa shape index (κ2) is 32.8. The minimum absolute atomic E-state index is 0.0197. The molecule has 25 nitrogen and oxygen atoms in total. The average molecular weight is 1150 g/mol. The largest absolute Gasteiger partial charge is 0.480 e. The molecule has 81 heavy (non-hydrogen) atoms. The van der Waals surface area contributed by atoms with E-state index in [1.165, 1.54) is 6.92 Å². The highest BCUT2D eigenvalue weighted by atomic mass is 32.1. The van der Waals surface area contributed by atoms with Crippen LogP contribution in [0.25, 0.3) is 10.8 Å². The second-order valence-corrected chi connectivity index (χ2v) is 21.5. The molecule has 1 aliphatic heterocycles. The highest BCUT2D eigenvalue weighted by molar-refractivity contribution is 7.80. The van der Waals surface area contributed by atoms with Crippen LogP contribution in [0, 0.1) is 11.8 Å². The van der Waals surface area contributed by atoms with E-state index in [0.717, 1.165) is 40.6 Å². The summed E-state index contributed by atoms with van der Waals surface area (Å²) in [6.45, 7) is 4.81. The van der Waals surface area contributed by atoms with Gasteiger partial charge >= 0.3 is 18.0 Å². The Morgan fingerprint density at radius 2 is 1.27 bits per heavy atom. The molecule has 2 heterocycles. The molecule has 1 aromatic heterocycles. The van der Waals surface area contributed by atoms with Crippen molar-refractivity contribution in [2.24, 2.45) is 34.8 Å². The molecule has 26 heteroatoms. The fourth-order valence-electron chi connectivity index (χ4n) is 10.4. The van der Waals surface area contributed by atoms with Gasteiger partial charge in [0.25, 0.3) is 0 Å². The Kier molecular flexibility index (Phi) is 26.1. The number of nitrogens with one attached hydrogen (secondary N) is 4. The molecule has 1 saturated heterocycles. The number of hydrogen-bond acceptors (Lipinski definition) is 15. The second-order valence-electron chi connectivity index (χ2n) is 21.1. The zero-order valence-electron chi connectivity index (χ0n) is 46.1. The van der Waals surface area contributed by atoms with Gasteiger partial charge in [0.15, 0.2) is 5.11 Å². The van der Waals surface area contributed by atoms with Crippen LogP contribution >= 0.6 is 12.2 Å². The molecule has 1 aliphatic carbocycles. The highest BCUT2D eigenvalue weighted by Gasteiger charge is 2.32. The van der Waals surface area contributed by atoms with Crippen LogP contribution in [0.2, 0.25) is 0 Å². The molecule has 2 aliphatic rings. The first-order valence-corrected chi connectivity index (χ1v) is 27.8. The molecule has 2 aromatic carbocycles. The van der Waals surface area contributed by atoms with Crippen LogP contribution in [0.15, 0.2) is 60.8 Å². The van der Waals surface area contributed by atoms with Crippen molar-refractivity contribution >= 4 is 87.1 Å². The van der Waals surface area contributed by atoms with Gasteiger partial charge in [0.05, 0.1) is 38.4 Å². The number of thiocarbonyl (C=S) groups is 1. The number of carbonyl (C=O) groups is 9. The number of anilines is 1. The summed E-state index contributed by atoms with van der Waals surface area (Å²) in [7, 11) is 0. The lowest BCUT2D eigenvalue weighted by atomic mass is 9.81. The Hall–Kier alpha value is -7.39. The Morgan fingerprint density at radius 1 is 0.704 bits per heavy atom. The highest BCUT2D eigenvalue weighted by Crippen LogP contribution is 2.31. The third kappa shape index (κ3) is 22.9. The third-order valence-corrected chi connectivity index (χ3v) is 14.9. The topological polar surface area (TPSA) is 375 Å². The van der Waals surface area contributed by atoms with Crippen LogP contribution in [0.4, 0.5) is 10.5 Å². The number of Topliss-reactive ketones (excluding diaryl/α,β-unsaturated/α-hetero) is 1. The Bertz CT molecular complexity index is 2650. The molecule has 1 unspecified atom stereocenters. The molecule has 1 saturated carbocycles. The standard InChI is InChI=1S/C55H80N14O11S/c1-36(70)9-18-45(53(78)79)64-54(80)63-44(52(76)77)8-4-5-21-69(31-46-43-7-3-2-6-39(43)19-20-60-46)51(75)40-14-10-38(11-15-40)29-61-55(81)62-41-16-12-37(13-17-41)28-42-30-67(34-49(58)73)25-24-65(32-47(56)71)22-23-66(33-48(57)72)26-27-68(42)35-50(59)74/h2-3,6-7,12-13,16-17,19-20,38,40,42,44-45H,4-5,8-11,14-15,18,21-35H2,1H3,(H2,56,71)(H2,57,72)(H2,58,73)(H2,59,74)(H,76,77)(H,78,79)(H2,61,62,81)(H2,63,64,80)/t38?,40?,42?,44-,45-/m1/s1. The van der Waals surface area contributed by atoms with Gasteiger partial charge < -0.3 is 64.1 Å². The van der Waals surface area contributed by atoms with Crippen LogP contribution in [0.1, 0.15) is 76.0 Å². The summed E-state index contributed by atoms with van der Waals surface area (Å²) in [5.74, 6) is -5.05. The lowest BCUT2D eigenvalue weighted by Gasteiger charge is -2.38. The van der Waals surface area contributed by atoms with Gasteiger partial charge in [-0.1, -0.05) is 36.4 Å². The maximum atomic E-state index is 14.4. The van der Waals surface area contributed by atoms with Gasteiger partial charge in [-0.25, -0.2) is 14.4 Å². The van der Waals surface area contributed by atoms with Gasteiger partial charge in [-0.2, -0.15) is 0 Å². The summed E-state index contributed by atoms with van der Waals surface area (Å²) in [6.07, 6.45) is 5.54. The third-order valence-electron chi connectivity index (χ3n) is 14.7. The number of aromatic nitrogens is 1. The number of carboxylic acid groups (broad SMARTS) is 2. The molecular formula is C55H80N14O11S. The van der Waals surface area contributed by atoms with Crippen LogP contribution < -0.4 is 44.2 Å². The quantitative estimate of drug-likeness (QED) is 0.0342. The smallest absolute Gasteiger partial charge is 0.326 e. The lowest BCUT2D eigenvalue weighted by Crippen LogP contribution is -2.54. The van der Waals surface area contributed by atoms with E-state index in [1.54, 1.807) is 11.1 Å². The van der Waals surface area contributed by atoms with Gasteiger partial charge in [-0.3, -0.25) is 48.6 Å². The minimum atomic E-state index is -1.37. The summed E-state index contributed by atoms with van der Waals surface area (Å²) in [4.78, 5) is 125. The van der Waals surface area contributed by atoms with Gasteiger partial charge in [-0.15, -0.1) is 0 Å². The molecule has 7 amide bonds. The Morgan fingerprint density at radius 3 is 1.86 bits per heavy atom. The number of aliphatic carboxylic acids is 2. The number of primary amides is 4. The summed E-state index contributed by atoms with van der Waals surface area (Å²) in [5, 5.41) is 32.9. The number of pyridine rings is 1. The number of rotatable bonds is 28. The number of ketones is 1. The van der Waals surface area contributed by atoms with Crippen LogP contribution in [-0.2, 0) is 51.3 Å². The van der Waals surface area contributed by atoms with Gasteiger partial charge in [0, 0.05) is 94.6 Å². The molecule has 0 spiro atoms. The number of nitrogens with two attached hydrogens (primary N) is 4. The van der Waals surface area contributed by atoms with Gasteiger partial charge in [-0.05, 0) is 112 Å². The van der Waals surface area contributed by atoms with Crippen molar-refractivity contribution < 1.29 is 53.4 Å². The van der Waals surface area contributed by atoms with Gasteiger partial charge in [0.2, 0.25) is 29.5 Å². The first-order valence-electron chi connectivity index (χ1n) is 27.4. The van der Waals surface area contributed by atoms with Crippen molar-refractivity contribution in [3.05, 3.63) is 72.1 Å². The zero-order chi connectivity index (χ0) is 59.0. The number of nitrogens with zero attached hydrogens (tertiary/aromatic N) is 6. The molecule has 14 N–H and O–H groups in total. The van der Waals surface area contributed by atoms with Crippen LogP contribution in [0.3, 0.4) is 0 Å². The normalized spacial score (nSPS) is 18.7. The fourth-order valence-corrected chi connectivity index (χ4v) is 10.6. The Labute approximate surface area is 477 Å². The molecular weight excluding hydrogens is 1060 g/mol. The van der Waals surface area contributed by atoms with E-state index in [-0.39, 0.29) is 81.6 Å². The average Bonchev–Trinajstić information content (AvgIpc) is 3.41. The number of urea groups is 1. The number of fused-ring (bicyclic) bond motifs is 1. The molecule has 3 aromatic rings. The van der Waals surface area contributed by atoms with Crippen molar-refractivity contribution in [3.8, 4) is 0 Å². The number of unbranched alkanes of at least 4 members (excludes halogenated alkanes) is 1. The van der Waals surface area contributed by atoms with Crippen molar-refractivity contribution in [1.29, 1.82) is 0 Å². The maximum absolute atomic E-state index is 14.4. The van der Waals surface area contributed by atoms with Gasteiger partial charge in [0.1, 0.15) is 17.9 Å². The zero-order valence-corrected chi connectivity index (χ0v) is 46.9. The fraction of sp³-hybridized carbons (Fsp3) is 0.545. The summed E-state index contributed by atoms with van der Waals surface area (Å²) in [5.41, 5.74) is 25.0. The molecule has 0 bridgehead atoms. The minimum Gasteiger partial charge on any atom is -0.480 e. The van der Waals surface area contributed by atoms with E-state index in [2.05, 4.69) is 26.3 Å². The van der Waals surface area contributed by atoms with Crippen LogP contribution in [0.5, 0.6) is 0 Å². The first kappa shape index (κ1) is 64.4. The number of benzene rings is 2. The summed E-state index contributed by atoms with van der Waals surface area (Å²) >= 11 is 5.72. The summed E-state index contributed by atoms with van der Waals surface area (Å²) in [6, 6.07) is 13.3. The van der Waals surface area contributed by atoms with E-state index < -0.39 is 53.7 Å². The maximum Gasteiger partial charge on any atom is 0.326 e.